The Balaban J connectivity index is 1.49. The number of amides is 1. The highest BCUT2D eigenvalue weighted by Crippen LogP contribution is 2.31. The summed E-state index contributed by atoms with van der Waals surface area (Å²) in [6.45, 7) is 1.17. The zero-order chi connectivity index (χ0) is 17.6. The Morgan fingerprint density at radius 3 is 2.60 bits per heavy atom. The molecule has 0 spiro atoms. The summed E-state index contributed by atoms with van der Waals surface area (Å²) in [6.07, 6.45) is 0.164. The maximum atomic E-state index is 13.1. The molecule has 0 fully saturated rings. The van der Waals surface area contributed by atoms with E-state index in [0.717, 1.165) is 0 Å². The van der Waals surface area contributed by atoms with Crippen LogP contribution in [-0.4, -0.2) is 24.9 Å². The molecule has 3 rings (SSSR count). The molecule has 0 atom stereocenters. The summed E-state index contributed by atoms with van der Waals surface area (Å²) in [5, 5.41) is 2.68. The number of carbonyl (C=O) groups excluding carboxylic acids is 2. The number of ketones is 1. The summed E-state index contributed by atoms with van der Waals surface area (Å²) < 4.78 is 23.9. The van der Waals surface area contributed by atoms with Crippen molar-refractivity contribution in [3.05, 3.63) is 59.4 Å². The Bertz CT molecular complexity index is 791. The minimum atomic E-state index is -0.347. The van der Waals surface area contributed by atoms with E-state index in [2.05, 4.69) is 5.32 Å². The number of fused-ring (bicyclic) bond motifs is 1. The first-order chi connectivity index (χ1) is 12.1. The monoisotopic (exact) mass is 343 g/mol. The average Bonchev–Trinajstić information content (AvgIpc) is 2.64. The predicted octanol–water partition coefficient (Wildman–Crippen LogP) is 2.88. The van der Waals surface area contributed by atoms with Crippen LogP contribution in [0.1, 0.15) is 28.8 Å². The highest BCUT2D eigenvalue weighted by atomic mass is 19.1. The van der Waals surface area contributed by atoms with Gasteiger partial charge in [0.25, 0.3) is 0 Å². The Labute approximate surface area is 144 Å². The number of benzene rings is 2. The van der Waals surface area contributed by atoms with Crippen LogP contribution in [0, 0.1) is 5.82 Å². The smallest absolute Gasteiger partial charge is 0.220 e. The highest BCUT2D eigenvalue weighted by Gasteiger charge is 2.15. The number of rotatable bonds is 6. The van der Waals surface area contributed by atoms with Crippen molar-refractivity contribution in [3.8, 4) is 11.5 Å². The molecular formula is C19H18FNO4. The van der Waals surface area contributed by atoms with E-state index in [0.29, 0.717) is 35.8 Å². The second kappa shape index (κ2) is 7.79. The van der Waals surface area contributed by atoms with Crippen molar-refractivity contribution < 1.29 is 23.5 Å². The van der Waals surface area contributed by atoms with Gasteiger partial charge in [-0.1, -0.05) is 12.1 Å². The zero-order valence-corrected chi connectivity index (χ0v) is 13.6. The maximum absolute atomic E-state index is 13.1. The van der Waals surface area contributed by atoms with E-state index in [1.54, 1.807) is 30.3 Å². The van der Waals surface area contributed by atoms with Gasteiger partial charge in [-0.15, -0.1) is 0 Å². The van der Waals surface area contributed by atoms with Crippen molar-refractivity contribution in [1.29, 1.82) is 0 Å². The topological polar surface area (TPSA) is 64.6 Å². The van der Waals surface area contributed by atoms with Gasteiger partial charge in [0.1, 0.15) is 19.0 Å². The number of hydrogen-bond donors (Lipinski definition) is 1. The van der Waals surface area contributed by atoms with E-state index in [9.17, 15) is 14.0 Å². The standard InChI is InChI=1S/C19H18FNO4/c20-15-3-1-2-13(10-15)12-21-19(23)7-5-16(22)14-4-6-17-18(11-14)25-9-8-24-17/h1-4,6,10-11H,5,7-9,12H2,(H,21,23). The lowest BCUT2D eigenvalue weighted by atomic mass is 10.1. The van der Waals surface area contributed by atoms with E-state index in [-0.39, 0.29) is 36.9 Å². The van der Waals surface area contributed by atoms with Gasteiger partial charge in [-0.2, -0.15) is 0 Å². The molecule has 2 aromatic carbocycles. The van der Waals surface area contributed by atoms with Gasteiger partial charge in [-0.25, -0.2) is 4.39 Å². The van der Waals surface area contributed by atoms with Gasteiger partial charge in [0, 0.05) is 24.9 Å². The van der Waals surface area contributed by atoms with Crippen LogP contribution in [0.4, 0.5) is 4.39 Å². The van der Waals surface area contributed by atoms with Gasteiger partial charge in [0.2, 0.25) is 5.91 Å². The first kappa shape index (κ1) is 17.0. The lowest BCUT2D eigenvalue weighted by Gasteiger charge is -2.18. The maximum Gasteiger partial charge on any atom is 0.220 e. The van der Waals surface area contributed by atoms with E-state index < -0.39 is 0 Å². The number of hydrogen-bond acceptors (Lipinski definition) is 4. The molecule has 6 heteroatoms. The van der Waals surface area contributed by atoms with Crippen LogP contribution >= 0.6 is 0 Å². The van der Waals surface area contributed by atoms with E-state index in [1.165, 1.54) is 12.1 Å². The molecule has 0 bridgehead atoms. The number of nitrogens with one attached hydrogen (secondary N) is 1. The summed E-state index contributed by atoms with van der Waals surface area (Å²) in [4.78, 5) is 24.1. The molecule has 1 aliphatic heterocycles. The number of halogens is 1. The van der Waals surface area contributed by atoms with Crippen molar-refractivity contribution in [2.75, 3.05) is 13.2 Å². The van der Waals surface area contributed by atoms with Crippen LogP contribution in [-0.2, 0) is 11.3 Å². The molecule has 0 saturated heterocycles. The molecule has 1 heterocycles. The second-order valence-corrected chi connectivity index (χ2v) is 5.69. The number of Topliss-reactive ketones (excluding diaryl/α,β-unsaturated/α-hetero) is 1. The van der Waals surface area contributed by atoms with E-state index in [1.807, 2.05) is 0 Å². The van der Waals surface area contributed by atoms with E-state index in [4.69, 9.17) is 9.47 Å². The Morgan fingerprint density at radius 2 is 1.80 bits per heavy atom. The fourth-order valence-electron chi connectivity index (χ4n) is 2.52. The lowest BCUT2D eigenvalue weighted by Crippen LogP contribution is -2.23. The van der Waals surface area contributed by atoms with Crippen LogP contribution in [0.2, 0.25) is 0 Å². The van der Waals surface area contributed by atoms with Gasteiger partial charge in [0.05, 0.1) is 0 Å². The number of carbonyl (C=O) groups is 2. The Hall–Kier alpha value is -2.89. The van der Waals surface area contributed by atoms with Crippen LogP contribution in [0.15, 0.2) is 42.5 Å². The molecule has 0 unspecified atom stereocenters. The molecule has 0 radical (unpaired) electrons. The Morgan fingerprint density at radius 1 is 1.00 bits per heavy atom. The first-order valence-electron chi connectivity index (χ1n) is 8.06. The molecule has 0 aliphatic carbocycles. The van der Waals surface area contributed by atoms with Gasteiger partial charge < -0.3 is 14.8 Å². The molecule has 25 heavy (non-hydrogen) atoms. The van der Waals surface area contributed by atoms with Crippen LogP contribution in [0.5, 0.6) is 11.5 Å². The number of ether oxygens (including phenoxy) is 2. The Kier molecular flexibility index (Phi) is 5.28. The third kappa shape index (κ3) is 4.56. The third-order valence-electron chi connectivity index (χ3n) is 3.82. The van der Waals surface area contributed by atoms with Crippen molar-refractivity contribution >= 4 is 11.7 Å². The van der Waals surface area contributed by atoms with Gasteiger partial charge in [-0.3, -0.25) is 9.59 Å². The van der Waals surface area contributed by atoms with Crippen molar-refractivity contribution in [3.63, 3.8) is 0 Å². The lowest BCUT2D eigenvalue weighted by molar-refractivity contribution is -0.121. The molecule has 1 amide bonds. The molecule has 0 aromatic heterocycles. The largest absolute Gasteiger partial charge is 0.486 e. The van der Waals surface area contributed by atoms with Crippen molar-refractivity contribution in [2.24, 2.45) is 0 Å². The molecule has 130 valence electrons. The van der Waals surface area contributed by atoms with Crippen molar-refractivity contribution in [2.45, 2.75) is 19.4 Å². The molecular weight excluding hydrogens is 325 g/mol. The second-order valence-electron chi connectivity index (χ2n) is 5.69. The van der Waals surface area contributed by atoms with Gasteiger partial charge in [-0.05, 0) is 35.9 Å². The molecule has 0 saturated carbocycles. The third-order valence-corrected chi connectivity index (χ3v) is 3.82. The molecule has 5 nitrogen and oxygen atoms in total. The summed E-state index contributed by atoms with van der Waals surface area (Å²) in [7, 11) is 0. The summed E-state index contributed by atoms with van der Waals surface area (Å²) >= 11 is 0. The predicted molar refractivity (Wildman–Crippen MR) is 89.2 cm³/mol. The fraction of sp³-hybridized carbons (Fsp3) is 0.263. The molecule has 1 aliphatic rings. The SMILES string of the molecule is O=C(CCC(=O)c1ccc2c(c1)OCCO2)NCc1cccc(F)c1. The average molecular weight is 343 g/mol. The van der Waals surface area contributed by atoms with Crippen molar-refractivity contribution in [1.82, 2.24) is 5.32 Å². The van der Waals surface area contributed by atoms with Gasteiger partial charge >= 0.3 is 0 Å². The molecule has 2 aromatic rings. The first-order valence-corrected chi connectivity index (χ1v) is 8.06. The molecule has 1 N–H and O–H groups in total. The summed E-state index contributed by atoms with van der Waals surface area (Å²) in [5.74, 6) is 0.428. The minimum absolute atomic E-state index is 0.0720. The van der Waals surface area contributed by atoms with Crippen LogP contribution < -0.4 is 14.8 Å². The van der Waals surface area contributed by atoms with Crippen LogP contribution in [0.3, 0.4) is 0 Å². The summed E-state index contributed by atoms with van der Waals surface area (Å²) in [5.41, 5.74) is 1.16. The quantitative estimate of drug-likeness (QED) is 0.819. The summed E-state index contributed by atoms with van der Waals surface area (Å²) in [6, 6.07) is 11.0. The van der Waals surface area contributed by atoms with Gasteiger partial charge in [0.15, 0.2) is 17.3 Å². The fourth-order valence-corrected chi connectivity index (χ4v) is 2.52. The minimum Gasteiger partial charge on any atom is -0.486 e. The zero-order valence-electron chi connectivity index (χ0n) is 13.6. The van der Waals surface area contributed by atoms with Crippen LogP contribution in [0.25, 0.3) is 0 Å². The van der Waals surface area contributed by atoms with E-state index >= 15 is 0 Å². The highest BCUT2D eigenvalue weighted by molar-refractivity contribution is 5.98. The normalized spacial score (nSPS) is 12.5.